The summed E-state index contributed by atoms with van der Waals surface area (Å²) in [6.45, 7) is 4.95. The molecule has 0 amide bonds. The zero-order valence-corrected chi connectivity index (χ0v) is 10.8. The van der Waals surface area contributed by atoms with Gasteiger partial charge >= 0.3 is 0 Å². The first-order valence-corrected chi connectivity index (χ1v) is 6.72. The van der Waals surface area contributed by atoms with Crippen LogP contribution in [-0.2, 0) is 10.0 Å². The molecule has 5 N–H and O–H groups in total. The molecule has 0 rings (SSSR count). The Morgan fingerprint density at radius 2 is 2.06 bits per heavy atom. The van der Waals surface area contributed by atoms with E-state index in [0.717, 1.165) is 0 Å². The van der Waals surface area contributed by atoms with Gasteiger partial charge in [0, 0.05) is 13.1 Å². The van der Waals surface area contributed by atoms with Gasteiger partial charge in [0.25, 0.3) is 0 Å². The number of hydrogen-bond donors (Lipinski definition) is 4. The zero-order valence-electron chi connectivity index (χ0n) is 9.95. The van der Waals surface area contributed by atoms with Crippen molar-refractivity contribution >= 4 is 16.0 Å². The summed E-state index contributed by atoms with van der Waals surface area (Å²) in [5.41, 5.74) is 2.39. The highest BCUT2D eigenvalue weighted by molar-refractivity contribution is 7.89. The topological polar surface area (TPSA) is 109 Å². The first-order chi connectivity index (χ1) is 7.41. The van der Waals surface area contributed by atoms with E-state index < -0.39 is 10.0 Å². The fourth-order valence-electron chi connectivity index (χ4n) is 0.832. The third kappa shape index (κ3) is 7.43. The summed E-state index contributed by atoms with van der Waals surface area (Å²) in [4.78, 5) is 4.14. The molecule has 0 aliphatic heterocycles. The van der Waals surface area contributed by atoms with Crippen LogP contribution in [0.3, 0.4) is 0 Å². The average Bonchev–Trinajstić information content (AvgIpc) is 2.22. The number of nitrogens with two attached hydrogens (primary N) is 1. The SMILES string of the molecule is CNS(=O)(=O)CCNC(=NCC(C)C)NN. The summed E-state index contributed by atoms with van der Waals surface area (Å²) in [5, 5.41) is 2.81. The van der Waals surface area contributed by atoms with Crippen molar-refractivity contribution in [2.24, 2.45) is 16.8 Å². The number of aliphatic imine (C=N–C) groups is 1. The van der Waals surface area contributed by atoms with Gasteiger partial charge in [0.1, 0.15) is 0 Å². The molecule has 0 radical (unpaired) electrons. The molecule has 0 bridgehead atoms. The van der Waals surface area contributed by atoms with Gasteiger partial charge in [-0.2, -0.15) is 0 Å². The molecule has 0 aromatic rings. The van der Waals surface area contributed by atoms with Gasteiger partial charge in [0.15, 0.2) is 0 Å². The number of nitrogens with zero attached hydrogens (tertiary/aromatic N) is 1. The molecule has 0 aliphatic rings. The lowest BCUT2D eigenvalue weighted by Gasteiger charge is -2.09. The van der Waals surface area contributed by atoms with Gasteiger partial charge in [-0.05, 0) is 13.0 Å². The second-order valence-corrected chi connectivity index (χ2v) is 5.72. The van der Waals surface area contributed by atoms with Gasteiger partial charge < -0.3 is 5.32 Å². The summed E-state index contributed by atoms with van der Waals surface area (Å²) >= 11 is 0. The number of sulfonamides is 1. The van der Waals surface area contributed by atoms with Gasteiger partial charge in [0.05, 0.1) is 5.75 Å². The van der Waals surface area contributed by atoms with Crippen LogP contribution in [0.25, 0.3) is 0 Å². The van der Waals surface area contributed by atoms with Gasteiger partial charge in [-0.15, -0.1) is 0 Å². The zero-order chi connectivity index (χ0) is 12.6. The minimum Gasteiger partial charge on any atom is -0.354 e. The van der Waals surface area contributed by atoms with E-state index in [0.29, 0.717) is 18.4 Å². The lowest BCUT2D eigenvalue weighted by molar-refractivity contribution is 0.586. The van der Waals surface area contributed by atoms with Crippen molar-refractivity contribution < 1.29 is 8.42 Å². The minimum atomic E-state index is -3.19. The first-order valence-electron chi connectivity index (χ1n) is 5.07. The molecule has 0 fully saturated rings. The Labute approximate surface area is 96.9 Å². The van der Waals surface area contributed by atoms with Gasteiger partial charge in [-0.3, -0.25) is 10.4 Å². The summed E-state index contributed by atoms with van der Waals surface area (Å²) < 4.78 is 24.4. The molecular formula is C8H21N5O2S. The van der Waals surface area contributed by atoms with Crippen molar-refractivity contribution in [3.05, 3.63) is 0 Å². The molecule has 8 heteroatoms. The second-order valence-electron chi connectivity index (χ2n) is 3.68. The van der Waals surface area contributed by atoms with E-state index >= 15 is 0 Å². The summed E-state index contributed by atoms with van der Waals surface area (Å²) in [6.07, 6.45) is 0. The van der Waals surface area contributed by atoms with Crippen molar-refractivity contribution in [1.29, 1.82) is 0 Å². The molecule has 0 heterocycles. The highest BCUT2D eigenvalue weighted by Crippen LogP contribution is 1.90. The minimum absolute atomic E-state index is 0.0219. The number of hydrazine groups is 1. The maximum atomic E-state index is 11.1. The third-order valence-corrected chi connectivity index (χ3v) is 3.09. The third-order valence-electron chi connectivity index (χ3n) is 1.73. The summed E-state index contributed by atoms with van der Waals surface area (Å²) in [6, 6.07) is 0. The maximum Gasteiger partial charge on any atom is 0.213 e. The van der Waals surface area contributed by atoms with Crippen LogP contribution in [0.15, 0.2) is 4.99 Å². The van der Waals surface area contributed by atoms with E-state index in [1.165, 1.54) is 7.05 Å². The van der Waals surface area contributed by atoms with Crippen molar-refractivity contribution in [2.45, 2.75) is 13.8 Å². The Morgan fingerprint density at radius 1 is 1.44 bits per heavy atom. The largest absolute Gasteiger partial charge is 0.354 e. The maximum absolute atomic E-state index is 11.1. The van der Waals surface area contributed by atoms with Crippen molar-refractivity contribution in [1.82, 2.24) is 15.5 Å². The van der Waals surface area contributed by atoms with Crippen LogP contribution >= 0.6 is 0 Å². The smallest absolute Gasteiger partial charge is 0.213 e. The van der Waals surface area contributed by atoms with E-state index in [1.807, 2.05) is 13.8 Å². The molecular weight excluding hydrogens is 230 g/mol. The lowest BCUT2D eigenvalue weighted by Crippen LogP contribution is -2.44. The van der Waals surface area contributed by atoms with Crippen LogP contribution < -0.4 is 21.3 Å². The molecule has 0 atom stereocenters. The van der Waals surface area contributed by atoms with Crippen molar-refractivity contribution in [3.8, 4) is 0 Å². The van der Waals surface area contributed by atoms with Crippen molar-refractivity contribution in [3.63, 3.8) is 0 Å². The molecule has 16 heavy (non-hydrogen) atoms. The molecule has 7 nitrogen and oxygen atoms in total. The van der Waals surface area contributed by atoms with Gasteiger partial charge in [-0.1, -0.05) is 13.8 Å². The van der Waals surface area contributed by atoms with E-state index in [4.69, 9.17) is 5.84 Å². The highest BCUT2D eigenvalue weighted by atomic mass is 32.2. The normalized spacial score (nSPS) is 12.9. The van der Waals surface area contributed by atoms with E-state index in [-0.39, 0.29) is 12.3 Å². The molecule has 0 aromatic heterocycles. The lowest BCUT2D eigenvalue weighted by atomic mass is 10.2. The predicted octanol–water partition coefficient (Wildman–Crippen LogP) is -1.40. The molecule has 0 unspecified atom stereocenters. The Kier molecular flexibility index (Phi) is 7.02. The Hall–Kier alpha value is -0.860. The predicted molar refractivity (Wildman–Crippen MR) is 65.3 cm³/mol. The van der Waals surface area contributed by atoms with Crippen LogP contribution in [0.1, 0.15) is 13.8 Å². The molecule has 0 spiro atoms. The quantitative estimate of drug-likeness (QED) is 0.201. The van der Waals surface area contributed by atoms with E-state index in [9.17, 15) is 8.42 Å². The van der Waals surface area contributed by atoms with Gasteiger partial charge in [0.2, 0.25) is 16.0 Å². The van der Waals surface area contributed by atoms with Crippen LogP contribution in [0.2, 0.25) is 0 Å². The Morgan fingerprint density at radius 3 is 2.50 bits per heavy atom. The fraction of sp³-hybridized carbons (Fsp3) is 0.875. The summed E-state index contributed by atoms with van der Waals surface area (Å²) in [5.74, 6) is 6.04. The Balaban J connectivity index is 4.02. The van der Waals surface area contributed by atoms with Crippen LogP contribution in [0.5, 0.6) is 0 Å². The molecule has 0 saturated carbocycles. The second kappa shape index (κ2) is 7.42. The molecule has 96 valence electrons. The highest BCUT2D eigenvalue weighted by Gasteiger charge is 2.06. The molecule has 0 saturated heterocycles. The van der Waals surface area contributed by atoms with Crippen LogP contribution in [0.4, 0.5) is 0 Å². The molecule has 0 aliphatic carbocycles. The number of rotatable bonds is 6. The van der Waals surface area contributed by atoms with Crippen molar-refractivity contribution in [2.75, 3.05) is 25.9 Å². The Bertz CT molecular complexity index is 312. The van der Waals surface area contributed by atoms with Crippen LogP contribution in [0, 0.1) is 5.92 Å². The average molecular weight is 251 g/mol. The van der Waals surface area contributed by atoms with E-state index in [1.54, 1.807) is 0 Å². The van der Waals surface area contributed by atoms with Crippen LogP contribution in [-0.4, -0.2) is 40.3 Å². The first kappa shape index (κ1) is 15.1. The van der Waals surface area contributed by atoms with E-state index in [2.05, 4.69) is 20.5 Å². The number of guanidine groups is 1. The fourth-order valence-corrected chi connectivity index (χ4v) is 1.41. The molecule has 0 aromatic carbocycles. The van der Waals surface area contributed by atoms with Gasteiger partial charge in [-0.25, -0.2) is 19.0 Å². The standard InChI is InChI=1S/C8H21N5O2S/c1-7(2)6-12-8(13-9)11-4-5-16(14,15)10-3/h7,10H,4-6,9H2,1-3H3,(H2,11,12,13). The summed E-state index contributed by atoms with van der Waals surface area (Å²) in [7, 11) is -1.81. The number of hydrogen-bond acceptors (Lipinski definition) is 4. The monoisotopic (exact) mass is 251 g/mol. The number of nitrogens with one attached hydrogen (secondary N) is 3.